The molecule has 0 aliphatic heterocycles. The average Bonchev–Trinajstić information content (AvgIpc) is 2.46. The Morgan fingerprint density at radius 3 is 2.64 bits per heavy atom. The maximum Gasteiger partial charge on any atom is 0.406 e. The molecule has 0 radical (unpaired) electrons. The molecular formula is C13H18F3N5O. The van der Waals surface area contributed by atoms with E-state index in [1.807, 2.05) is 12.1 Å². The molecule has 0 bridgehead atoms. The second-order valence-electron chi connectivity index (χ2n) is 4.47. The van der Waals surface area contributed by atoms with Crippen LogP contribution in [0.25, 0.3) is 0 Å². The van der Waals surface area contributed by atoms with E-state index in [0.717, 1.165) is 12.7 Å². The lowest BCUT2D eigenvalue weighted by Gasteiger charge is -2.19. The van der Waals surface area contributed by atoms with Crippen LogP contribution in [0.2, 0.25) is 0 Å². The van der Waals surface area contributed by atoms with E-state index in [2.05, 4.69) is 20.6 Å². The Balaban J connectivity index is 2.39. The zero-order chi connectivity index (χ0) is 16.6. The molecule has 0 unspecified atom stereocenters. The van der Waals surface area contributed by atoms with Crippen LogP contribution in [0.3, 0.4) is 0 Å². The van der Waals surface area contributed by atoms with Crippen LogP contribution < -0.4 is 10.6 Å². The molecule has 0 saturated heterocycles. The second-order valence-corrected chi connectivity index (χ2v) is 4.47. The largest absolute Gasteiger partial charge is 0.406 e. The molecule has 1 heterocycles. The number of alkyl halides is 3. The molecule has 1 amide bonds. The molecule has 1 aromatic heterocycles. The molecule has 9 heteroatoms. The Morgan fingerprint density at radius 2 is 2.09 bits per heavy atom. The number of carbonyl (C=O) groups excluding carboxylic acids is 1. The molecule has 0 saturated carbocycles. The molecule has 0 aliphatic carbocycles. The smallest absolute Gasteiger partial charge is 0.351 e. The SMILES string of the molecule is CN=C(NCC(=O)N(C)CC(F)(F)F)NCc1ccccn1. The number of guanidine groups is 1. The fourth-order valence-electron chi connectivity index (χ4n) is 1.55. The number of hydrogen-bond donors (Lipinski definition) is 2. The number of carbonyl (C=O) groups is 1. The highest BCUT2D eigenvalue weighted by molar-refractivity contribution is 5.86. The van der Waals surface area contributed by atoms with Gasteiger partial charge in [-0.05, 0) is 12.1 Å². The maximum absolute atomic E-state index is 12.2. The van der Waals surface area contributed by atoms with Gasteiger partial charge < -0.3 is 15.5 Å². The third kappa shape index (κ3) is 6.91. The first-order valence-electron chi connectivity index (χ1n) is 6.47. The van der Waals surface area contributed by atoms with Crippen LogP contribution in [0.1, 0.15) is 5.69 Å². The van der Waals surface area contributed by atoms with Crippen LogP contribution in [0.5, 0.6) is 0 Å². The van der Waals surface area contributed by atoms with Crippen molar-refractivity contribution in [2.75, 3.05) is 27.2 Å². The van der Waals surface area contributed by atoms with Crippen molar-refractivity contribution in [2.24, 2.45) is 4.99 Å². The number of likely N-dealkylation sites (N-methyl/N-ethyl adjacent to an activating group) is 1. The van der Waals surface area contributed by atoms with Crippen LogP contribution in [-0.2, 0) is 11.3 Å². The molecule has 122 valence electrons. The Morgan fingerprint density at radius 1 is 1.36 bits per heavy atom. The van der Waals surface area contributed by atoms with Crippen LogP contribution in [0, 0.1) is 0 Å². The summed E-state index contributed by atoms with van der Waals surface area (Å²) in [6.45, 7) is -1.19. The van der Waals surface area contributed by atoms with Gasteiger partial charge in [0.25, 0.3) is 0 Å². The molecule has 0 fully saturated rings. The van der Waals surface area contributed by atoms with Gasteiger partial charge in [0.05, 0.1) is 18.8 Å². The van der Waals surface area contributed by atoms with Crippen LogP contribution in [-0.4, -0.2) is 55.1 Å². The number of pyridine rings is 1. The normalized spacial score (nSPS) is 12.0. The van der Waals surface area contributed by atoms with Crippen molar-refractivity contribution in [2.45, 2.75) is 12.7 Å². The number of amides is 1. The van der Waals surface area contributed by atoms with Crippen LogP contribution in [0.4, 0.5) is 13.2 Å². The van der Waals surface area contributed by atoms with Gasteiger partial charge in [0, 0.05) is 20.3 Å². The molecule has 6 nitrogen and oxygen atoms in total. The van der Waals surface area contributed by atoms with Crippen molar-refractivity contribution in [3.05, 3.63) is 30.1 Å². The molecule has 0 aromatic carbocycles. The van der Waals surface area contributed by atoms with Crippen molar-refractivity contribution in [3.8, 4) is 0 Å². The zero-order valence-electron chi connectivity index (χ0n) is 12.3. The second kappa shape index (κ2) is 8.20. The van der Waals surface area contributed by atoms with Crippen molar-refractivity contribution >= 4 is 11.9 Å². The number of hydrogen-bond acceptors (Lipinski definition) is 3. The molecular weight excluding hydrogens is 299 g/mol. The van der Waals surface area contributed by atoms with E-state index in [-0.39, 0.29) is 6.54 Å². The third-order valence-electron chi connectivity index (χ3n) is 2.64. The highest BCUT2D eigenvalue weighted by Gasteiger charge is 2.31. The summed E-state index contributed by atoms with van der Waals surface area (Å²) in [7, 11) is 2.60. The van der Waals surface area contributed by atoms with Crippen molar-refractivity contribution in [1.29, 1.82) is 0 Å². The van der Waals surface area contributed by atoms with Crippen molar-refractivity contribution in [3.63, 3.8) is 0 Å². The number of aromatic nitrogens is 1. The minimum absolute atomic E-state index is 0.283. The van der Waals surface area contributed by atoms with Crippen molar-refractivity contribution < 1.29 is 18.0 Å². The van der Waals surface area contributed by atoms with Gasteiger partial charge in [-0.2, -0.15) is 13.2 Å². The molecule has 22 heavy (non-hydrogen) atoms. The number of rotatable bonds is 5. The summed E-state index contributed by atoms with van der Waals surface area (Å²) in [6, 6.07) is 5.42. The molecule has 0 spiro atoms. The standard InChI is InChI=1S/C13H18F3N5O/c1-17-12(19-7-10-5-3-4-6-18-10)20-8-11(22)21(2)9-13(14,15)16/h3-6H,7-9H2,1-2H3,(H2,17,19,20). The highest BCUT2D eigenvalue weighted by Crippen LogP contribution is 2.15. The first kappa shape index (κ1) is 17.7. The van der Waals surface area contributed by atoms with E-state index in [9.17, 15) is 18.0 Å². The van der Waals surface area contributed by atoms with E-state index in [4.69, 9.17) is 0 Å². The van der Waals surface area contributed by atoms with E-state index in [1.54, 1.807) is 12.3 Å². The summed E-state index contributed by atoms with van der Waals surface area (Å²) in [5.41, 5.74) is 0.769. The van der Waals surface area contributed by atoms with Gasteiger partial charge in [-0.15, -0.1) is 0 Å². The minimum atomic E-state index is -4.41. The summed E-state index contributed by atoms with van der Waals surface area (Å²) in [4.78, 5) is 20.2. The summed E-state index contributed by atoms with van der Waals surface area (Å²) in [5, 5.41) is 5.57. The summed E-state index contributed by atoms with van der Waals surface area (Å²) in [5.74, 6) is -0.377. The van der Waals surface area contributed by atoms with Gasteiger partial charge in [-0.3, -0.25) is 14.8 Å². The van der Waals surface area contributed by atoms with Gasteiger partial charge in [-0.1, -0.05) is 6.07 Å². The number of aliphatic imine (C=N–C) groups is 1. The predicted octanol–water partition coefficient (Wildman–Crippen LogP) is 0.767. The van der Waals surface area contributed by atoms with Gasteiger partial charge in [0.1, 0.15) is 6.54 Å². The lowest BCUT2D eigenvalue weighted by Crippen LogP contribution is -2.45. The van der Waals surface area contributed by atoms with Gasteiger partial charge in [0.2, 0.25) is 5.91 Å². The minimum Gasteiger partial charge on any atom is -0.351 e. The Bertz CT molecular complexity index is 504. The van der Waals surface area contributed by atoms with Crippen LogP contribution >= 0.6 is 0 Å². The third-order valence-corrected chi connectivity index (χ3v) is 2.64. The molecule has 2 N–H and O–H groups in total. The Kier molecular flexibility index (Phi) is 6.61. The monoisotopic (exact) mass is 317 g/mol. The average molecular weight is 317 g/mol. The van der Waals surface area contributed by atoms with E-state index >= 15 is 0 Å². The molecule has 0 atom stereocenters. The number of nitrogens with zero attached hydrogens (tertiary/aromatic N) is 3. The first-order chi connectivity index (χ1) is 10.3. The summed E-state index contributed by atoms with van der Waals surface area (Å²) in [6.07, 6.45) is -2.77. The van der Waals surface area contributed by atoms with Crippen molar-refractivity contribution in [1.82, 2.24) is 20.5 Å². The van der Waals surface area contributed by atoms with E-state index < -0.39 is 18.6 Å². The van der Waals surface area contributed by atoms with Gasteiger partial charge >= 0.3 is 6.18 Å². The molecule has 0 aliphatic rings. The lowest BCUT2D eigenvalue weighted by molar-refractivity contribution is -0.157. The molecule has 1 aromatic rings. The van der Waals surface area contributed by atoms with Gasteiger partial charge in [-0.25, -0.2) is 0 Å². The quantitative estimate of drug-likeness (QED) is 0.622. The maximum atomic E-state index is 12.2. The fraction of sp³-hybridized carbons (Fsp3) is 0.462. The van der Waals surface area contributed by atoms with E-state index in [1.165, 1.54) is 7.05 Å². The zero-order valence-corrected chi connectivity index (χ0v) is 12.3. The van der Waals surface area contributed by atoms with Crippen LogP contribution in [0.15, 0.2) is 29.4 Å². The van der Waals surface area contributed by atoms with E-state index in [0.29, 0.717) is 17.4 Å². The Hall–Kier alpha value is -2.32. The fourth-order valence-corrected chi connectivity index (χ4v) is 1.55. The summed E-state index contributed by atoms with van der Waals surface area (Å²) < 4.78 is 36.5. The number of halogens is 3. The lowest BCUT2D eigenvalue weighted by atomic mass is 10.3. The number of nitrogens with one attached hydrogen (secondary N) is 2. The van der Waals surface area contributed by atoms with Gasteiger partial charge in [0.15, 0.2) is 5.96 Å². The first-order valence-corrected chi connectivity index (χ1v) is 6.47. The predicted molar refractivity (Wildman–Crippen MR) is 76.1 cm³/mol. The molecule has 1 rings (SSSR count). The summed E-state index contributed by atoms with van der Waals surface area (Å²) >= 11 is 0. The highest BCUT2D eigenvalue weighted by atomic mass is 19.4. The Labute approximate surface area is 126 Å². The topological polar surface area (TPSA) is 69.6 Å².